The third-order valence-electron chi connectivity index (χ3n) is 3.86. The van der Waals surface area contributed by atoms with Crippen LogP contribution in [0.25, 0.3) is 10.9 Å². The van der Waals surface area contributed by atoms with Gasteiger partial charge in [0, 0.05) is 21.5 Å². The number of hydrazone groups is 1. The fourth-order valence-electron chi connectivity index (χ4n) is 2.44. The van der Waals surface area contributed by atoms with Crippen LogP contribution in [0.1, 0.15) is 21.5 Å². The summed E-state index contributed by atoms with van der Waals surface area (Å²) in [6.45, 7) is 1.76. The first-order valence-corrected chi connectivity index (χ1v) is 9.10. The molecular formula is C20H16Cl2N4O2. The van der Waals surface area contributed by atoms with E-state index >= 15 is 0 Å². The fourth-order valence-corrected chi connectivity index (χ4v) is 2.76. The number of carbonyl (C=O) groups excluding carboxylic acids is 2. The Bertz CT molecular complexity index is 1070. The molecule has 3 rings (SSSR count). The van der Waals surface area contributed by atoms with Crippen molar-refractivity contribution in [2.24, 2.45) is 5.10 Å². The highest BCUT2D eigenvalue weighted by Crippen LogP contribution is 2.20. The molecule has 0 atom stereocenters. The second-order valence-corrected chi connectivity index (χ2v) is 6.84. The number of rotatable bonds is 5. The molecule has 0 saturated heterocycles. The van der Waals surface area contributed by atoms with Gasteiger partial charge in [0.1, 0.15) is 5.15 Å². The maximum atomic E-state index is 12.0. The lowest BCUT2D eigenvalue weighted by atomic mass is 10.1. The SMILES string of the molecule is Cc1ccc2cc(/C=N/NC(=O)CNC(=O)c3ccc(Cl)cc3)c(Cl)nc2c1. The normalized spacial score (nSPS) is 11.0. The van der Waals surface area contributed by atoms with Crippen molar-refractivity contribution >= 4 is 52.1 Å². The Balaban J connectivity index is 1.56. The van der Waals surface area contributed by atoms with Gasteiger partial charge in [0.15, 0.2) is 0 Å². The number of hydrogen-bond donors (Lipinski definition) is 2. The molecule has 3 aromatic rings. The zero-order chi connectivity index (χ0) is 20.1. The minimum Gasteiger partial charge on any atom is -0.343 e. The molecule has 1 heterocycles. The Morgan fingerprint density at radius 1 is 1.11 bits per heavy atom. The van der Waals surface area contributed by atoms with Gasteiger partial charge in [-0.1, -0.05) is 35.3 Å². The Kier molecular flexibility index (Phi) is 6.23. The fraction of sp³-hybridized carbons (Fsp3) is 0.100. The Morgan fingerprint density at radius 3 is 2.61 bits per heavy atom. The molecule has 142 valence electrons. The molecule has 0 saturated carbocycles. The van der Waals surface area contributed by atoms with Crippen molar-refractivity contribution < 1.29 is 9.59 Å². The number of aryl methyl sites for hydroxylation is 1. The van der Waals surface area contributed by atoms with Crippen molar-refractivity contribution in [3.05, 3.63) is 75.4 Å². The number of hydrogen-bond acceptors (Lipinski definition) is 4. The standard InChI is InChI=1S/C20H16Cl2N4O2/c1-12-2-3-14-9-15(19(22)25-17(14)8-12)10-24-26-18(27)11-23-20(28)13-4-6-16(21)7-5-13/h2-10H,11H2,1H3,(H,23,28)(H,26,27)/b24-10+. The van der Waals surface area contributed by atoms with E-state index in [-0.39, 0.29) is 17.6 Å². The molecule has 1 aromatic heterocycles. The molecule has 2 N–H and O–H groups in total. The molecule has 0 aliphatic carbocycles. The van der Waals surface area contributed by atoms with Crippen molar-refractivity contribution in [1.29, 1.82) is 0 Å². The van der Waals surface area contributed by atoms with E-state index in [1.165, 1.54) is 6.21 Å². The average molecular weight is 415 g/mol. The van der Waals surface area contributed by atoms with E-state index in [4.69, 9.17) is 23.2 Å². The van der Waals surface area contributed by atoms with Gasteiger partial charge in [-0.25, -0.2) is 10.4 Å². The van der Waals surface area contributed by atoms with Gasteiger partial charge in [-0.15, -0.1) is 0 Å². The van der Waals surface area contributed by atoms with E-state index in [1.54, 1.807) is 24.3 Å². The zero-order valence-corrected chi connectivity index (χ0v) is 16.4. The molecule has 0 aliphatic rings. The molecule has 0 bridgehead atoms. The van der Waals surface area contributed by atoms with Gasteiger partial charge < -0.3 is 5.32 Å². The van der Waals surface area contributed by atoms with Crippen LogP contribution in [0.2, 0.25) is 10.2 Å². The molecule has 8 heteroatoms. The van der Waals surface area contributed by atoms with Gasteiger partial charge >= 0.3 is 0 Å². The van der Waals surface area contributed by atoms with Crippen molar-refractivity contribution in [2.75, 3.05) is 6.54 Å². The Labute approximate surface area is 171 Å². The summed E-state index contributed by atoms with van der Waals surface area (Å²) in [5.74, 6) is -0.855. The summed E-state index contributed by atoms with van der Waals surface area (Å²) in [6.07, 6.45) is 1.41. The molecule has 2 amide bonds. The van der Waals surface area contributed by atoms with E-state index in [9.17, 15) is 9.59 Å². The number of nitrogens with zero attached hydrogens (tertiary/aromatic N) is 2. The second kappa shape index (κ2) is 8.82. The first kappa shape index (κ1) is 19.8. The maximum Gasteiger partial charge on any atom is 0.259 e. The summed E-state index contributed by atoms with van der Waals surface area (Å²) in [4.78, 5) is 28.1. The van der Waals surface area contributed by atoms with E-state index in [0.29, 0.717) is 16.1 Å². The summed E-state index contributed by atoms with van der Waals surface area (Å²) in [7, 11) is 0. The third-order valence-corrected chi connectivity index (χ3v) is 4.42. The number of aromatic nitrogens is 1. The van der Waals surface area contributed by atoms with Crippen molar-refractivity contribution in [1.82, 2.24) is 15.7 Å². The van der Waals surface area contributed by atoms with Gasteiger partial charge in [0.2, 0.25) is 0 Å². The van der Waals surface area contributed by atoms with Crippen molar-refractivity contribution in [3.8, 4) is 0 Å². The van der Waals surface area contributed by atoms with Crippen LogP contribution in [0.15, 0.2) is 53.6 Å². The average Bonchev–Trinajstić information content (AvgIpc) is 2.67. The van der Waals surface area contributed by atoms with Crippen LogP contribution in [0, 0.1) is 6.92 Å². The first-order valence-electron chi connectivity index (χ1n) is 8.35. The monoisotopic (exact) mass is 414 g/mol. The molecular weight excluding hydrogens is 399 g/mol. The van der Waals surface area contributed by atoms with Crippen LogP contribution in [0.3, 0.4) is 0 Å². The number of carbonyl (C=O) groups is 2. The highest BCUT2D eigenvalue weighted by Gasteiger charge is 2.08. The van der Waals surface area contributed by atoms with Crippen LogP contribution in [-0.4, -0.2) is 29.6 Å². The molecule has 6 nitrogen and oxygen atoms in total. The molecule has 28 heavy (non-hydrogen) atoms. The minimum atomic E-state index is -0.473. The number of fused-ring (bicyclic) bond motifs is 1. The number of benzene rings is 2. The first-order chi connectivity index (χ1) is 13.4. The zero-order valence-electron chi connectivity index (χ0n) is 14.9. The number of amides is 2. The van der Waals surface area contributed by atoms with E-state index < -0.39 is 5.91 Å². The summed E-state index contributed by atoms with van der Waals surface area (Å²) < 4.78 is 0. The quantitative estimate of drug-likeness (QED) is 0.379. The summed E-state index contributed by atoms with van der Waals surface area (Å²) >= 11 is 11.9. The number of pyridine rings is 1. The highest BCUT2D eigenvalue weighted by atomic mass is 35.5. The molecule has 0 radical (unpaired) electrons. The van der Waals surface area contributed by atoms with E-state index in [0.717, 1.165) is 16.5 Å². The molecule has 0 unspecified atom stereocenters. The number of halogens is 2. The number of nitrogens with one attached hydrogen (secondary N) is 2. The second-order valence-electron chi connectivity index (χ2n) is 6.05. The van der Waals surface area contributed by atoms with Crippen LogP contribution >= 0.6 is 23.2 Å². The predicted octanol–water partition coefficient (Wildman–Crippen LogP) is 3.73. The Morgan fingerprint density at radius 2 is 1.86 bits per heavy atom. The van der Waals surface area contributed by atoms with Crippen LogP contribution in [0.5, 0.6) is 0 Å². The van der Waals surface area contributed by atoms with Gasteiger partial charge in [0.25, 0.3) is 11.8 Å². The van der Waals surface area contributed by atoms with Gasteiger partial charge in [-0.2, -0.15) is 5.10 Å². The van der Waals surface area contributed by atoms with Crippen LogP contribution < -0.4 is 10.7 Å². The van der Waals surface area contributed by atoms with E-state index in [2.05, 4.69) is 20.8 Å². The predicted molar refractivity (Wildman–Crippen MR) is 111 cm³/mol. The van der Waals surface area contributed by atoms with Gasteiger partial charge in [-0.05, 0) is 48.9 Å². The molecule has 0 fully saturated rings. The van der Waals surface area contributed by atoms with Crippen molar-refractivity contribution in [3.63, 3.8) is 0 Å². The van der Waals surface area contributed by atoms with Crippen molar-refractivity contribution in [2.45, 2.75) is 6.92 Å². The minimum absolute atomic E-state index is 0.220. The van der Waals surface area contributed by atoms with Gasteiger partial charge in [0.05, 0.1) is 18.3 Å². The van der Waals surface area contributed by atoms with Gasteiger partial charge in [-0.3, -0.25) is 9.59 Å². The molecule has 2 aromatic carbocycles. The van der Waals surface area contributed by atoms with Crippen LogP contribution in [0.4, 0.5) is 0 Å². The third kappa shape index (κ3) is 5.06. The smallest absolute Gasteiger partial charge is 0.259 e. The lowest BCUT2D eigenvalue weighted by molar-refractivity contribution is -0.120. The molecule has 0 spiro atoms. The highest BCUT2D eigenvalue weighted by molar-refractivity contribution is 6.32. The summed E-state index contributed by atoms with van der Waals surface area (Å²) in [5, 5.41) is 8.10. The van der Waals surface area contributed by atoms with Crippen LogP contribution in [-0.2, 0) is 4.79 Å². The summed E-state index contributed by atoms with van der Waals surface area (Å²) in [5.41, 5.74) is 5.20. The topological polar surface area (TPSA) is 83.5 Å². The largest absolute Gasteiger partial charge is 0.343 e. The maximum absolute atomic E-state index is 12.0. The molecule has 0 aliphatic heterocycles. The van der Waals surface area contributed by atoms with E-state index in [1.807, 2.05) is 31.2 Å². The lowest BCUT2D eigenvalue weighted by Gasteiger charge is -2.05. The lowest BCUT2D eigenvalue weighted by Crippen LogP contribution is -2.34. The Hall–Kier alpha value is -2.96. The summed E-state index contributed by atoms with van der Waals surface area (Å²) in [6, 6.07) is 14.0.